The van der Waals surface area contributed by atoms with Crippen molar-refractivity contribution < 1.29 is 9.59 Å². The summed E-state index contributed by atoms with van der Waals surface area (Å²) in [5, 5.41) is 9.91. The smallest absolute Gasteiger partial charge is 0.315 e. The molecule has 1 aromatic heterocycles. The molecule has 3 aromatic rings. The molecule has 31 heavy (non-hydrogen) atoms. The number of hydrogen-bond donors (Lipinski definition) is 2. The van der Waals surface area contributed by atoms with Crippen LogP contribution in [0.5, 0.6) is 0 Å². The van der Waals surface area contributed by atoms with Gasteiger partial charge in [-0.25, -0.2) is 4.79 Å². The van der Waals surface area contributed by atoms with E-state index < -0.39 is 0 Å². The van der Waals surface area contributed by atoms with Gasteiger partial charge in [0.25, 0.3) is 5.91 Å². The average molecular weight is 420 g/mol. The molecule has 0 fully saturated rings. The third-order valence-corrected chi connectivity index (χ3v) is 5.13. The fourth-order valence-electron chi connectivity index (χ4n) is 2.97. The molecular formula is C24H29N5O2. The molecule has 0 unspecified atom stereocenters. The zero-order valence-corrected chi connectivity index (χ0v) is 18.2. The number of aromatic nitrogens is 2. The topological polar surface area (TPSA) is 79.3 Å². The Labute approximate surface area is 183 Å². The van der Waals surface area contributed by atoms with Crippen molar-refractivity contribution in [1.29, 1.82) is 0 Å². The summed E-state index contributed by atoms with van der Waals surface area (Å²) in [6.45, 7) is 5.51. The number of carbonyl (C=O) groups excluding carboxylic acids is 2. The Morgan fingerprint density at radius 2 is 1.48 bits per heavy atom. The Morgan fingerprint density at radius 3 is 2.00 bits per heavy atom. The first-order valence-electron chi connectivity index (χ1n) is 10.4. The highest BCUT2D eigenvalue weighted by Gasteiger charge is 2.14. The second-order valence-corrected chi connectivity index (χ2v) is 7.76. The van der Waals surface area contributed by atoms with Gasteiger partial charge >= 0.3 is 6.03 Å². The number of nitrogens with zero attached hydrogens (tertiary/aromatic N) is 3. The lowest BCUT2D eigenvalue weighted by molar-refractivity contribution is 0.0755. The maximum Gasteiger partial charge on any atom is 0.315 e. The highest BCUT2D eigenvalue weighted by molar-refractivity contribution is 5.94. The van der Waals surface area contributed by atoms with Crippen LogP contribution < -0.4 is 10.6 Å². The molecule has 0 atom stereocenters. The lowest BCUT2D eigenvalue weighted by Gasteiger charge is -2.21. The molecule has 1 heterocycles. The zero-order valence-electron chi connectivity index (χ0n) is 18.2. The van der Waals surface area contributed by atoms with Gasteiger partial charge in [0.2, 0.25) is 0 Å². The van der Waals surface area contributed by atoms with Crippen molar-refractivity contribution in [3.63, 3.8) is 0 Å². The molecular weight excluding hydrogens is 390 g/mol. The van der Waals surface area contributed by atoms with E-state index in [2.05, 4.69) is 15.7 Å². The van der Waals surface area contributed by atoms with Crippen LogP contribution in [0.3, 0.4) is 0 Å². The van der Waals surface area contributed by atoms with E-state index in [1.807, 2.05) is 67.2 Å². The molecule has 0 saturated heterocycles. The minimum Gasteiger partial charge on any atom is -0.339 e. The van der Waals surface area contributed by atoms with Crippen LogP contribution in [-0.2, 0) is 19.6 Å². The predicted molar refractivity (Wildman–Crippen MR) is 121 cm³/mol. The molecule has 0 radical (unpaired) electrons. The summed E-state index contributed by atoms with van der Waals surface area (Å²) in [6, 6.07) is 17.2. The van der Waals surface area contributed by atoms with E-state index in [4.69, 9.17) is 0 Å². The molecule has 2 N–H and O–H groups in total. The molecule has 0 aliphatic carbocycles. The Morgan fingerprint density at radius 1 is 0.935 bits per heavy atom. The number of carbonyl (C=O) groups is 2. The van der Waals surface area contributed by atoms with Crippen molar-refractivity contribution in [1.82, 2.24) is 25.3 Å². The normalized spacial score (nSPS) is 10.7. The van der Waals surface area contributed by atoms with Gasteiger partial charge in [0, 0.05) is 44.1 Å². The van der Waals surface area contributed by atoms with Crippen LogP contribution in [0.1, 0.15) is 40.9 Å². The molecule has 3 amide bonds. The van der Waals surface area contributed by atoms with Gasteiger partial charge in [-0.05, 0) is 48.7 Å². The summed E-state index contributed by atoms with van der Waals surface area (Å²) in [5.41, 5.74) is 3.75. The summed E-state index contributed by atoms with van der Waals surface area (Å²) in [7, 11) is 1.79. The monoisotopic (exact) mass is 419 g/mol. The highest BCUT2D eigenvalue weighted by atomic mass is 16.2. The standard InChI is InChI=1S/C24H29N5O2/c1-18(2)28(3)23(30)22-11-9-20(10-12-22)16-26-24(31)25-15-19-5-7-21(8-6-19)17-29-14-4-13-27-29/h4-14,18H,15-17H2,1-3H3,(H2,25,26,31). The van der Waals surface area contributed by atoms with Crippen molar-refractivity contribution >= 4 is 11.9 Å². The second kappa shape index (κ2) is 10.4. The predicted octanol–water partition coefficient (Wildman–Crippen LogP) is 3.41. The van der Waals surface area contributed by atoms with Gasteiger partial charge in [0.15, 0.2) is 0 Å². The first-order chi connectivity index (χ1) is 14.9. The van der Waals surface area contributed by atoms with Gasteiger partial charge < -0.3 is 15.5 Å². The molecule has 162 valence electrons. The summed E-state index contributed by atoms with van der Waals surface area (Å²) in [5.74, 6) is -0.0112. The van der Waals surface area contributed by atoms with E-state index in [0.29, 0.717) is 18.7 Å². The van der Waals surface area contributed by atoms with E-state index in [1.165, 1.54) is 0 Å². The molecule has 0 aliphatic rings. The number of amides is 3. The summed E-state index contributed by atoms with van der Waals surface area (Å²) < 4.78 is 1.87. The van der Waals surface area contributed by atoms with Crippen molar-refractivity contribution in [2.45, 2.75) is 39.5 Å². The van der Waals surface area contributed by atoms with E-state index in [9.17, 15) is 9.59 Å². The average Bonchev–Trinajstić information content (AvgIpc) is 3.29. The zero-order chi connectivity index (χ0) is 22.2. The fraction of sp³-hybridized carbons (Fsp3) is 0.292. The molecule has 3 rings (SSSR count). The number of nitrogens with one attached hydrogen (secondary N) is 2. The summed E-state index contributed by atoms with van der Waals surface area (Å²) in [4.78, 5) is 26.1. The third kappa shape index (κ3) is 6.44. The fourth-order valence-corrected chi connectivity index (χ4v) is 2.97. The summed E-state index contributed by atoms with van der Waals surface area (Å²) >= 11 is 0. The van der Waals surface area contributed by atoms with Crippen LogP contribution in [-0.4, -0.2) is 39.7 Å². The van der Waals surface area contributed by atoms with Gasteiger partial charge in [-0.3, -0.25) is 9.48 Å². The number of hydrogen-bond acceptors (Lipinski definition) is 3. The number of rotatable bonds is 8. The Bertz CT molecular complexity index is 980. The van der Waals surface area contributed by atoms with Crippen LogP contribution >= 0.6 is 0 Å². The number of urea groups is 1. The van der Waals surface area contributed by atoms with Gasteiger partial charge in [0.05, 0.1) is 6.54 Å². The van der Waals surface area contributed by atoms with Crippen molar-refractivity contribution in [2.75, 3.05) is 7.05 Å². The minimum atomic E-state index is -0.236. The van der Waals surface area contributed by atoms with Crippen LogP contribution in [0.25, 0.3) is 0 Å². The molecule has 2 aromatic carbocycles. The van der Waals surface area contributed by atoms with E-state index in [0.717, 1.165) is 23.2 Å². The lowest BCUT2D eigenvalue weighted by atomic mass is 10.1. The SMILES string of the molecule is CC(C)N(C)C(=O)c1ccc(CNC(=O)NCc2ccc(Cn3cccn3)cc2)cc1. The Hall–Kier alpha value is -3.61. The molecule has 0 saturated carbocycles. The van der Waals surface area contributed by atoms with Crippen molar-refractivity contribution in [2.24, 2.45) is 0 Å². The first-order valence-corrected chi connectivity index (χ1v) is 10.4. The van der Waals surface area contributed by atoms with Crippen molar-refractivity contribution in [3.8, 4) is 0 Å². The van der Waals surface area contributed by atoms with Crippen molar-refractivity contribution in [3.05, 3.63) is 89.2 Å². The van der Waals surface area contributed by atoms with E-state index in [1.54, 1.807) is 30.3 Å². The van der Waals surface area contributed by atoms with Gasteiger partial charge in [0.1, 0.15) is 0 Å². The van der Waals surface area contributed by atoms with Gasteiger partial charge in [-0.2, -0.15) is 5.10 Å². The molecule has 0 bridgehead atoms. The van der Waals surface area contributed by atoms with E-state index in [-0.39, 0.29) is 18.0 Å². The lowest BCUT2D eigenvalue weighted by Crippen LogP contribution is -2.34. The number of benzene rings is 2. The second-order valence-electron chi connectivity index (χ2n) is 7.76. The maximum atomic E-state index is 12.3. The van der Waals surface area contributed by atoms with Crippen LogP contribution in [0.2, 0.25) is 0 Å². The molecule has 0 aliphatic heterocycles. The highest BCUT2D eigenvalue weighted by Crippen LogP contribution is 2.09. The molecule has 7 nitrogen and oxygen atoms in total. The quantitative estimate of drug-likeness (QED) is 0.587. The Kier molecular flexibility index (Phi) is 7.43. The van der Waals surface area contributed by atoms with Crippen LogP contribution in [0.15, 0.2) is 67.0 Å². The van der Waals surface area contributed by atoms with Gasteiger partial charge in [-0.1, -0.05) is 36.4 Å². The van der Waals surface area contributed by atoms with Gasteiger partial charge in [-0.15, -0.1) is 0 Å². The minimum absolute atomic E-state index is 0.0112. The molecule has 0 spiro atoms. The Balaban J connectivity index is 1.42. The third-order valence-electron chi connectivity index (χ3n) is 5.13. The van der Waals surface area contributed by atoms with E-state index >= 15 is 0 Å². The first kappa shape index (κ1) is 22.1. The largest absolute Gasteiger partial charge is 0.339 e. The van der Waals surface area contributed by atoms with Crippen LogP contribution in [0.4, 0.5) is 4.79 Å². The maximum absolute atomic E-state index is 12.3. The summed E-state index contributed by atoms with van der Waals surface area (Å²) in [6.07, 6.45) is 3.69. The molecule has 7 heteroatoms. The van der Waals surface area contributed by atoms with Crippen LogP contribution in [0, 0.1) is 0 Å².